The molecule has 0 atom stereocenters. The molecule has 0 aliphatic carbocycles. The van der Waals surface area contributed by atoms with Crippen LogP contribution in [0.1, 0.15) is 21.5 Å². The molecule has 3 aromatic carbocycles. The number of nitrogens with one attached hydrogen (secondary N) is 1. The van der Waals surface area contributed by atoms with Crippen LogP contribution in [0.3, 0.4) is 0 Å². The topological polar surface area (TPSA) is 46.2 Å². The molecule has 0 fully saturated rings. The molecular formula is C21H15Cl2NO2. The Bertz CT molecular complexity index is 955. The monoisotopic (exact) mass is 383 g/mol. The number of halogens is 2. The van der Waals surface area contributed by atoms with E-state index in [2.05, 4.69) is 5.32 Å². The summed E-state index contributed by atoms with van der Waals surface area (Å²) in [6.07, 6.45) is 0.130. The van der Waals surface area contributed by atoms with Crippen molar-refractivity contribution in [3.8, 4) is 0 Å². The lowest BCUT2D eigenvalue weighted by atomic mass is 10.0. The normalized spacial score (nSPS) is 10.4. The molecule has 0 aromatic heterocycles. The highest BCUT2D eigenvalue weighted by molar-refractivity contribution is 6.42. The largest absolute Gasteiger partial charge is 0.325 e. The Morgan fingerprint density at radius 2 is 1.50 bits per heavy atom. The van der Waals surface area contributed by atoms with E-state index in [0.29, 0.717) is 26.9 Å². The molecular weight excluding hydrogens is 369 g/mol. The standard InChI is InChI=1S/C21H15Cl2NO2/c22-17-11-10-14(12-18(17)23)13-20(25)24-19-9-5-4-8-16(19)21(26)15-6-2-1-3-7-15/h1-12H,13H2,(H,24,25). The fourth-order valence-electron chi connectivity index (χ4n) is 2.56. The van der Waals surface area contributed by atoms with Gasteiger partial charge in [0.05, 0.1) is 22.2 Å². The molecule has 3 rings (SSSR count). The van der Waals surface area contributed by atoms with Gasteiger partial charge in [0.25, 0.3) is 0 Å². The Morgan fingerprint density at radius 1 is 0.808 bits per heavy atom. The van der Waals surface area contributed by atoms with E-state index in [0.717, 1.165) is 5.56 Å². The summed E-state index contributed by atoms with van der Waals surface area (Å²) >= 11 is 11.9. The molecule has 1 amide bonds. The van der Waals surface area contributed by atoms with E-state index in [4.69, 9.17) is 23.2 Å². The number of carbonyl (C=O) groups excluding carboxylic acids is 2. The predicted molar refractivity (Wildman–Crippen MR) is 105 cm³/mol. The van der Waals surface area contributed by atoms with Crippen molar-refractivity contribution in [2.24, 2.45) is 0 Å². The van der Waals surface area contributed by atoms with Gasteiger partial charge >= 0.3 is 0 Å². The van der Waals surface area contributed by atoms with Crippen LogP contribution in [0.4, 0.5) is 5.69 Å². The van der Waals surface area contributed by atoms with E-state index < -0.39 is 0 Å². The Labute approximate surface area is 161 Å². The minimum Gasteiger partial charge on any atom is -0.325 e. The molecule has 0 bridgehead atoms. The molecule has 0 aliphatic heterocycles. The molecule has 0 spiro atoms. The highest BCUT2D eigenvalue weighted by Gasteiger charge is 2.15. The van der Waals surface area contributed by atoms with E-state index in [1.165, 1.54) is 0 Å². The molecule has 0 aliphatic rings. The molecule has 130 valence electrons. The van der Waals surface area contributed by atoms with Gasteiger partial charge in [-0.05, 0) is 29.8 Å². The molecule has 0 heterocycles. The number of ketones is 1. The molecule has 3 nitrogen and oxygen atoms in total. The zero-order valence-corrected chi connectivity index (χ0v) is 15.2. The lowest BCUT2D eigenvalue weighted by molar-refractivity contribution is -0.115. The molecule has 0 radical (unpaired) electrons. The van der Waals surface area contributed by atoms with Crippen LogP contribution in [0.15, 0.2) is 72.8 Å². The van der Waals surface area contributed by atoms with E-state index >= 15 is 0 Å². The summed E-state index contributed by atoms with van der Waals surface area (Å²) in [4.78, 5) is 25.1. The fourth-order valence-corrected chi connectivity index (χ4v) is 2.89. The van der Waals surface area contributed by atoms with Crippen LogP contribution in [-0.4, -0.2) is 11.7 Å². The number of hydrogen-bond donors (Lipinski definition) is 1. The average Bonchev–Trinajstić information content (AvgIpc) is 2.65. The van der Waals surface area contributed by atoms with Crippen LogP contribution in [0.5, 0.6) is 0 Å². The highest BCUT2D eigenvalue weighted by atomic mass is 35.5. The number of amides is 1. The lowest BCUT2D eigenvalue weighted by Crippen LogP contribution is -2.17. The summed E-state index contributed by atoms with van der Waals surface area (Å²) in [7, 11) is 0. The second kappa shape index (κ2) is 8.17. The van der Waals surface area contributed by atoms with Crippen molar-refractivity contribution in [1.82, 2.24) is 0 Å². The maximum atomic E-state index is 12.7. The number of rotatable bonds is 5. The van der Waals surface area contributed by atoms with Gasteiger partial charge < -0.3 is 5.32 Å². The summed E-state index contributed by atoms with van der Waals surface area (Å²) in [5.41, 5.74) is 2.23. The third-order valence-corrected chi connectivity index (χ3v) is 4.57. The molecule has 26 heavy (non-hydrogen) atoms. The summed E-state index contributed by atoms with van der Waals surface area (Å²) in [6.45, 7) is 0. The Balaban J connectivity index is 1.78. The first kappa shape index (κ1) is 18.2. The van der Waals surface area contributed by atoms with Crippen molar-refractivity contribution < 1.29 is 9.59 Å². The average molecular weight is 384 g/mol. The predicted octanol–water partition coefficient (Wildman–Crippen LogP) is 5.41. The maximum Gasteiger partial charge on any atom is 0.228 e. The van der Waals surface area contributed by atoms with Gasteiger partial charge in [0, 0.05) is 11.1 Å². The van der Waals surface area contributed by atoms with Gasteiger partial charge in [0.2, 0.25) is 5.91 Å². The van der Waals surface area contributed by atoms with Gasteiger partial charge in [-0.2, -0.15) is 0 Å². The fraction of sp³-hybridized carbons (Fsp3) is 0.0476. The molecule has 0 saturated carbocycles. The maximum absolute atomic E-state index is 12.7. The minimum absolute atomic E-state index is 0.130. The second-order valence-electron chi connectivity index (χ2n) is 5.71. The van der Waals surface area contributed by atoms with E-state index in [1.54, 1.807) is 66.7 Å². The summed E-state index contributed by atoms with van der Waals surface area (Å²) in [5.74, 6) is -0.382. The van der Waals surface area contributed by atoms with Crippen molar-refractivity contribution >= 4 is 40.6 Å². The Morgan fingerprint density at radius 3 is 2.23 bits per heavy atom. The minimum atomic E-state index is -0.239. The lowest BCUT2D eigenvalue weighted by Gasteiger charge is -2.11. The third kappa shape index (κ3) is 4.31. The highest BCUT2D eigenvalue weighted by Crippen LogP contribution is 2.23. The molecule has 0 saturated heterocycles. The van der Waals surface area contributed by atoms with Crippen LogP contribution < -0.4 is 5.32 Å². The third-order valence-electron chi connectivity index (χ3n) is 3.83. The van der Waals surface area contributed by atoms with Crippen molar-refractivity contribution in [1.29, 1.82) is 0 Å². The zero-order chi connectivity index (χ0) is 18.5. The first-order chi connectivity index (χ1) is 12.5. The van der Waals surface area contributed by atoms with E-state index in [-0.39, 0.29) is 18.1 Å². The van der Waals surface area contributed by atoms with Gasteiger partial charge in [-0.1, -0.05) is 71.7 Å². The van der Waals surface area contributed by atoms with Gasteiger partial charge in [-0.25, -0.2) is 0 Å². The second-order valence-corrected chi connectivity index (χ2v) is 6.53. The summed E-state index contributed by atoms with van der Waals surface area (Å²) < 4.78 is 0. The van der Waals surface area contributed by atoms with Gasteiger partial charge in [0.15, 0.2) is 5.78 Å². The van der Waals surface area contributed by atoms with Crippen molar-refractivity contribution in [3.05, 3.63) is 99.5 Å². The summed E-state index contributed by atoms with van der Waals surface area (Å²) in [5, 5.41) is 3.65. The number of benzene rings is 3. The van der Waals surface area contributed by atoms with Crippen molar-refractivity contribution in [2.45, 2.75) is 6.42 Å². The van der Waals surface area contributed by atoms with Gasteiger partial charge in [0.1, 0.15) is 0 Å². The first-order valence-electron chi connectivity index (χ1n) is 7.97. The first-order valence-corrected chi connectivity index (χ1v) is 8.73. The van der Waals surface area contributed by atoms with Crippen LogP contribution >= 0.6 is 23.2 Å². The SMILES string of the molecule is O=C(Cc1ccc(Cl)c(Cl)c1)Nc1ccccc1C(=O)c1ccccc1. The number of carbonyl (C=O) groups is 2. The molecule has 5 heteroatoms. The number of hydrogen-bond acceptors (Lipinski definition) is 2. The quantitative estimate of drug-likeness (QED) is 0.599. The summed E-state index contributed by atoms with van der Waals surface area (Å²) in [6, 6.07) is 21.0. The zero-order valence-electron chi connectivity index (χ0n) is 13.7. The number of anilines is 1. The van der Waals surface area contributed by atoms with Crippen LogP contribution in [-0.2, 0) is 11.2 Å². The van der Waals surface area contributed by atoms with E-state index in [9.17, 15) is 9.59 Å². The van der Waals surface area contributed by atoms with Crippen LogP contribution in [0, 0.1) is 0 Å². The molecule has 1 N–H and O–H groups in total. The molecule has 3 aromatic rings. The number of para-hydroxylation sites is 1. The van der Waals surface area contributed by atoms with Gasteiger partial charge in [-0.3, -0.25) is 9.59 Å². The Hall–Kier alpha value is -2.62. The van der Waals surface area contributed by atoms with E-state index in [1.807, 2.05) is 6.07 Å². The van der Waals surface area contributed by atoms with Crippen molar-refractivity contribution in [3.63, 3.8) is 0 Å². The van der Waals surface area contributed by atoms with Crippen LogP contribution in [0.2, 0.25) is 10.0 Å². The smallest absolute Gasteiger partial charge is 0.228 e. The van der Waals surface area contributed by atoms with Crippen LogP contribution in [0.25, 0.3) is 0 Å². The molecule has 0 unspecified atom stereocenters. The Kier molecular flexibility index (Phi) is 5.71. The van der Waals surface area contributed by atoms with Gasteiger partial charge in [-0.15, -0.1) is 0 Å². The van der Waals surface area contributed by atoms with Crippen molar-refractivity contribution in [2.75, 3.05) is 5.32 Å².